The fraction of sp³-hybridized carbons (Fsp3) is 0.680. The second-order valence-electron chi connectivity index (χ2n) is 8.20. The summed E-state index contributed by atoms with van der Waals surface area (Å²) in [5.74, 6) is 0. The van der Waals surface area contributed by atoms with Crippen LogP contribution in [0.3, 0.4) is 0 Å². The maximum Gasteiger partial charge on any atom is 0.184 e. The third-order valence-electron chi connectivity index (χ3n) is 5.65. The molecule has 30 heavy (non-hydrogen) atoms. The van der Waals surface area contributed by atoms with Gasteiger partial charge in [0, 0.05) is 10.5 Å². The molecule has 1 aliphatic heterocycles. The summed E-state index contributed by atoms with van der Waals surface area (Å²) in [7, 11) is 0. The quantitative estimate of drug-likeness (QED) is 0.0959. The first-order valence-corrected chi connectivity index (χ1v) is 11.9. The lowest BCUT2D eigenvalue weighted by Gasteiger charge is -2.33. The van der Waals surface area contributed by atoms with Crippen LogP contribution in [-0.4, -0.2) is 18.8 Å². The summed E-state index contributed by atoms with van der Waals surface area (Å²) in [5.41, 5.74) is 9.81. The number of azide groups is 1. The Balaban J connectivity index is 1.61. The Kier molecular flexibility index (Phi) is 13.0. The number of rotatable bonds is 15. The zero-order valence-electron chi connectivity index (χ0n) is 18.6. The van der Waals surface area contributed by atoms with E-state index in [0.29, 0.717) is 6.61 Å². The normalized spacial score (nSPS) is 21.6. The van der Waals surface area contributed by atoms with Crippen LogP contribution < -0.4 is 0 Å². The lowest BCUT2D eigenvalue weighted by Crippen LogP contribution is -2.37. The highest BCUT2D eigenvalue weighted by molar-refractivity contribution is 5.17. The Hall–Kier alpha value is -1.81. The molecule has 5 heteroatoms. The molecule has 2 rings (SSSR count). The number of hydrogen-bond donors (Lipinski definition) is 0. The average Bonchev–Trinajstić information content (AvgIpc) is 2.78. The molecule has 5 nitrogen and oxygen atoms in total. The average molecular weight is 414 g/mol. The molecule has 1 heterocycles. The third-order valence-corrected chi connectivity index (χ3v) is 5.65. The molecule has 0 aromatic heterocycles. The van der Waals surface area contributed by atoms with Crippen molar-refractivity contribution in [2.75, 3.05) is 6.61 Å². The van der Waals surface area contributed by atoms with Crippen LogP contribution in [0.5, 0.6) is 0 Å². The molecule has 1 aliphatic rings. The second kappa shape index (κ2) is 16.0. The van der Waals surface area contributed by atoms with Crippen LogP contribution in [0.1, 0.15) is 95.8 Å². The van der Waals surface area contributed by atoms with Crippen LogP contribution in [0.4, 0.5) is 0 Å². The van der Waals surface area contributed by atoms with E-state index in [0.717, 1.165) is 12.0 Å². The molecule has 0 spiro atoms. The minimum Gasteiger partial charge on any atom is -0.348 e. The van der Waals surface area contributed by atoms with E-state index in [9.17, 15) is 0 Å². The standard InChI is InChI=1S/C25H39N3O2/c1-2-3-4-5-6-7-8-9-10-11-12-13-17-20-24-23(27-28-26)21-29-25(30-24)22-18-15-14-16-19-22/h14-20,23-25H,2-13,21H2,1H3/b20-17+/t23-,24+,25-/m0/s1. The van der Waals surface area contributed by atoms with Gasteiger partial charge in [-0.2, -0.15) is 0 Å². The lowest BCUT2D eigenvalue weighted by molar-refractivity contribution is -0.212. The zero-order valence-corrected chi connectivity index (χ0v) is 18.6. The molecule has 166 valence electrons. The largest absolute Gasteiger partial charge is 0.348 e. The monoisotopic (exact) mass is 413 g/mol. The fourth-order valence-corrected chi connectivity index (χ4v) is 3.83. The maximum absolute atomic E-state index is 8.83. The Morgan fingerprint density at radius 3 is 2.23 bits per heavy atom. The summed E-state index contributed by atoms with van der Waals surface area (Å²) in [4.78, 5) is 2.95. The van der Waals surface area contributed by atoms with Gasteiger partial charge in [-0.25, -0.2) is 0 Å². The third kappa shape index (κ3) is 9.80. The van der Waals surface area contributed by atoms with Crippen LogP contribution in [0.2, 0.25) is 0 Å². The minimum absolute atomic E-state index is 0.243. The molecule has 0 saturated carbocycles. The van der Waals surface area contributed by atoms with Crippen molar-refractivity contribution in [1.82, 2.24) is 0 Å². The Labute approximate surface area is 182 Å². The van der Waals surface area contributed by atoms with Gasteiger partial charge >= 0.3 is 0 Å². The van der Waals surface area contributed by atoms with E-state index in [4.69, 9.17) is 15.0 Å². The van der Waals surface area contributed by atoms with E-state index in [1.54, 1.807) is 0 Å². The summed E-state index contributed by atoms with van der Waals surface area (Å²) in [6.45, 7) is 2.64. The topological polar surface area (TPSA) is 67.2 Å². The van der Waals surface area contributed by atoms with Gasteiger partial charge in [0.15, 0.2) is 6.29 Å². The van der Waals surface area contributed by atoms with Crippen molar-refractivity contribution in [3.05, 3.63) is 58.5 Å². The van der Waals surface area contributed by atoms with Gasteiger partial charge in [-0.15, -0.1) is 0 Å². The highest BCUT2D eigenvalue weighted by atomic mass is 16.7. The Morgan fingerprint density at radius 2 is 1.60 bits per heavy atom. The smallest absolute Gasteiger partial charge is 0.184 e. The van der Waals surface area contributed by atoms with Gasteiger partial charge in [-0.1, -0.05) is 119 Å². The van der Waals surface area contributed by atoms with Crippen molar-refractivity contribution < 1.29 is 9.47 Å². The van der Waals surface area contributed by atoms with Gasteiger partial charge in [0.2, 0.25) is 0 Å². The van der Waals surface area contributed by atoms with Crippen LogP contribution in [0.25, 0.3) is 10.4 Å². The number of ether oxygens (including phenoxy) is 2. The first-order chi connectivity index (χ1) is 14.8. The Bertz CT molecular complexity index is 629. The van der Waals surface area contributed by atoms with E-state index < -0.39 is 6.29 Å². The summed E-state index contributed by atoms with van der Waals surface area (Å²) in [5, 5.41) is 3.85. The molecule has 0 amide bonds. The molecule has 1 aromatic rings. The summed E-state index contributed by atoms with van der Waals surface area (Å²) in [6.07, 6.45) is 19.5. The predicted octanol–water partition coefficient (Wildman–Crippen LogP) is 8.04. The number of allylic oxidation sites excluding steroid dienone is 1. The molecule has 0 N–H and O–H groups in total. The van der Waals surface area contributed by atoms with Crippen molar-refractivity contribution in [2.24, 2.45) is 5.11 Å². The van der Waals surface area contributed by atoms with E-state index in [2.05, 4.69) is 23.0 Å². The second-order valence-corrected chi connectivity index (χ2v) is 8.20. The van der Waals surface area contributed by atoms with Crippen LogP contribution in [-0.2, 0) is 9.47 Å². The molecule has 0 aliphatic carbocycles. The molecule has 1 aromatic carbocycles. The van der Waals surface area contributed by atoms with Crippen molar-refractivity contribution in [3.63, 3.8) is 0 Å². The van der Waals surface area contributed by atoms with Crippen molar-refractivity contribution >= 4 is 0 Å². The van der Waals surface area contributed by atoms with Gasteiger partial charge in [0.05, 0.1) is 18.8 Å². The molecule has 0 radical (unpaired) electrons. The highest BCUT2D eigenvalue weighted by Gasteiger charge is 2.30. The number of unbranched alkanes of at least 4 members (excludes halogenated alkanes) is 11. The van der Waals surface area contributed by atoms with E-state index in [1.165, 1.54) is 70.6 Å². The van der Waals surface area contributed by atoms with E-state index in [1.807, 2.05) is 36.4 Å². The van der Waals surface area contributed by atoms with Crippen LogP contribution in [0, 0.1) is 0 Å². The highest BCUT2D eigenvalue weighted by Crippen LogP contribution is 2.28. The van der Waals surface area contributed by atoms with Gasteiger partial charge < -0.3 is 9.47 Å². The van der Waals surface area contributed by atoms with Crippen LogP contribution in [0.15, 0.2) is 47.6 Å². The van der Waals surface area contributed by atoms with Gasteiger partial charge in [-0.3, -0.25) is 0 Å². The predicted molar refractivity (Wildman–Crippen MR) is 123 cm³/mol. The first-order valence-electron chi connectivity index (χ1n) is 11.9. The van der Waals surface area contributed by atoms with Gasteiger partial charge in [-0.05, 0) is 18.4 Å². The van der Waals surface area contributed by atoms with E-state index in [-0.39, 0.29) is 12.1 Å². The molecular formula is C25H39N3O2. The minimum atomic E-state index is -0.409. The number of hydrogen-bond acceptors (Lipinski definition) is 3. The summed E-state index contributed by atoms with van der Waals surface area (Å²) < 4.78 is 11.8. The SMILES string of the molecule is CCCCCCCCCCCCC/C=C/[C@H]1O[C@@H](c2ccccc2)OC[C@@H]1N=[N+]=[N-]. The summed E-state index contributed by atoms with van der Waals surface area (Å²) >= 11 is 0. The maximum atomic E-state index is 8.83. The zero-order chi connectivity index (χ0) is 21.3. The van der Waals surface area contributed by atoms with E-state index >= 15 is 0 Å². The van der Waals surface area contributed by atoms with Crippen LogP contribution >= 0.6 is 0 Å². The number of benzene rings is 1. The van der Waals surface area contributed by atoms with Crippen molar-refractivity contribution in [1.29, 1.82) is 0 Å². The first kappa shape index (κ1) is 24.5. The molecular weight excluding hydrogens is 374 g/mol. The van der Waals surface area contributed by atoms with Gasteiger partial charge in [0.1, 0.15) is 0 Å². The molecule has 0 unspecified atom stereocenters. The fourth-order valence-electron chi connectivity index (χ4n) is 3.83. The van der Waals surface area contributed by atoms with Gasteiger partial charge in [0.25, 0.3) is 0 Å². The molecule has 0 bridgehead atoms. The summed E-state index contributed by atoms with van der Waals surface area (Å²) in [6, 6.07) is 9.58. The molecule has 1 saturated heterocycles. The molecule has 1 fully saturated rings. The lowest BCUT2D eigenvalue weighted by atomic mass is 10.0. The van der Waals surface area contributed by atoms with Crippen molar-refractivity contribution in [3.8, 4) is 0 Å². The van der Waals surface area contributed by atoms with Crippen molar-refractivity contribution in [2.45, 2.75) is 102 Å². The molecule has 3 atom stereocenters. The number of nitrogens with zero attached hydrogens (tertiary/aromatic N) is 3. The Morgan fingerprint density at radius 1 is 0.967 bits per heavy atom.